The first-order valence-electron chi connectivity index (χ1n) is 11.3. The average molecular weight is 445 g/mol. The van der Waals surface area contributed by atoms with Gasteiger partial charge < -0.3 is 15.4 Å². The van der Waals surface area contributed by atoms with Crippen molar-refractivity contribution in [1.82, 2.24) is 5.32 Å². The van der Waals surface area contributed by atoms with Crippen molar-refractivity contribution >= 4 is 17.5 Å². The highest BCUT2D eigenvalue weighted by atomic mass is 16.5. The van der Waals surface area contributed by atoms with Crippen LogP contribution in [0.4, 0.5) is 5.69 Å². The van der Waals surface area contributed by atoms with Crippen LogP contribution in [0.15, 0.2) is 72.8 Å². The highest BCUT2D eigenvalue weighted by Gasteiger charge is 2.14. The van der Waals surface area contributed by atoms with E-state index in [1.165, 1.54) is 5.56 Å². The molecule has 5 heteroatoms. The van der Waals surface area contributed by atoms with Crippen molar-refractivity contribution < 1.29 is 14.3 Å². The summed E-state index contributed by atoms with van der Waals surface area (Å²) in [5.41, 5.74) is 3.96. The maximum atomic E-state index is 12.7. The first-order chi connectivity index (χ1) is 15.8. The second-order valence-electron chi connectivity index (χ2n) is 9.01. The van der Waals surface area contributed by atoms with Gasteiger partial charge in [0, 0.05) is 17.7 Å². The number of nitrogens with one attached hydrogen (secondary N) is 2. The molecule has 2 N–H and O–H groups in total. The molecule has 2 amide bonds. The van der Waals surface area contributed by atoms with Gasteiger partial charge in [-0.1, -0.05) is 64.1 Å². The minimum absolute atomic E-state index is 0.0493. The molecule has 0 fully saturated rings. The number of amides is 2. The van der Waals surface area contributed by atoms with E-state index in [4.69, 9.17) is 4.74 Å². The lowest BCUT2D eigenvalue weighted by molar-refractivity contribution is 0.0949. The first-order valence-corrected chi connectivity index (χ1v) is 11.3. The lowest BCUT2D eigenvalue weighted by Gasteiger charge is -2.19. The summed E-state index contributed by atoms with van der Waals surface area (Å²) in [4.78, 5) is 25.1. The summed E-state index contributed by atoms with van der Waals surface area (Å²) >= 11 is 0. The number of carbonyl (C=O) groups is 2. The molecule has 0 atom stereocenters. The number of benzene rings is 3. The zero-order chi connectivity index (χ0) is 23.8. The Hall–Kier alpha value is -3.60. The number of hydrogen-bond acceptors (Lipinski definition) is 3. The molecule has 0 unspecified atom stereocenters. The van der Waals surface area contributed by atoms with Crippen LogP contribution in [0.1, 0.15) is 66.0 Å². The monoisotopic (exact) mass is 444 g/mol. The van der Waals surface area contributed by atoms with E-state index in [-0.39, 0.29) is 17.2 Å². The molecule has 0 saturated heterocycles. The van der Waals surface area contributed by atoms with E-state index in [0.29, 0.717) is 35.7 Å². The maximum Gasteiger partial charge on any atom is 0.255 e. The largest absolute Gasteiger partial charge is 0.491 e. The maximum absolute atomic E-state index is 12.7. The van der Waals surface area contributed by atoms with E-state index in [0.717, 1.165) is 12.0 Å². The summed E-state index contributed by atoms with van der Waals surface area (Å²) < 4.78 is 5.70. The molecule has 5 nitrogen and oxygen atoms in total. The summed E-state index contributed by atoms with van der Waals surface area (Å²) in [7, 11) is 0. The van der Waals surface area contributed by atoms with Crippen LogP contribution in [0.3, 0.4) is 0 Å². The molecule has 0 aliphatic carbocycles. The summed E-state index contributed by atoms with van der Waals surface area (Å²) in [6.07, 6.45) is 0.891. The molecule has 3 rings (SSSR count). The molecule has 3 aromatic rings. The second-order valence-corrected chi connectivity index (χ2v) is 9.01. The van der Waals surface area contributed by atoms with Crippen LogP contribution in [0, 0.1) is 0 Å². The van der Waals surface area contributed by atoms with E-state index in [1.54, 1.807) is 12.1 Å². The number of anilines is 1. The first kappa shape index (κ1) is 24.1. The standard InChI is InChI=1S/C28H32N2O3/c1-5-18-33-25-9-7-6-8-24(25)30-27(32)22-12-10-20(11-13-22)19-29-26(31)21-14-16-23(17-15-21)28(2,3)4/h6-17H,5,18-19H2,1-4H3,(H,29,31)(H,30,32). The zero-order valence-electron chi connectivity index (χ0n) is 19.8. The Morgan fingerprint density at radius 2 is 1.42 bits per heavy atom. The van der Waals surface area contributed by atoms with Crippen LogP contribution in [0.5, 0.6) is 5.75 Å². The van der Waals surface area contributed by atoms with Gasteiger partial charge >= 0.3 is 0 Å². The Balaban J connectivity index is 1.57. The molecule has 0 saturated carbocycles. The van der Waals surface area contributed by atoms with E-state index >= 15 is 0 Å². The molecule has 3 aromatic carbocycles. The van der Waals surface area contributed by atoms with Gasteiger partial charge in [0.1, 0.15) is 5.75 Å². The van der Waals surface area contributed by atoms with Crippen molar-refractivity contribution in [3.05, 3.63) is 95.1 Å². The molecule has 0 aliphatic heterocycles. The van der Waals surface area contributed by atoms with E-state index < -0.39 is 0 Å². The van der Waals surface area contributed by atoms with Gasteiger partial charge in [-0.3, -0.25) is 9.59 Å². The van der Waals surface area contributed by atoms with Crippen molar-refractivity contribution in [2.24, 2.45) is 0 Å². The van der Waals surface area contributed by atoms with E-state index in [9.17, 15) is 9.59 Å². The summed E-state index contributed by atoms with van der Waals surface area (Å²) in [6.45, 7) is 9.44. The topological polar surface area (TPSA) is 67.4 Å². The lowest BCUT2D eigenvalue weighted by atomic mass is 9.87. The predicted octanol–water partition coefficient (Wildman–Crippen LogP) is 5.96. The minimum atomic E-state index is -0.211. The smallest absolute Gasteiger partial charge is 0.255 e. The fourth-order valence-electron chi connectivity index (χ4n) is 3.28. The normalized spacial score (nSPS) is 11.0. The van der Waals surface area contributed by atoms with E-state index in [2.05, 4.69) is 31.4 Å². The minimum Gasteiger partial charge on any atom is -0.491 e. The van der Waals surface area contributed by atoms with Crippen LogP contribution in [-0.2, 0) is 12.0 Å². The lowest BCUT2D eigenvalue weighted by Crippen LogP contribution is -2.23. The third-order valence-electron chi connectivity index (χ3n) is 5.28. The van der Waals surface area contributed by atoms with Crippen molar-refractivity contribution in [3.8, 4) is 5.75 Å². The Morgan fingerprint density at radius 1 is 0.818 bits per heavy atom. The molecule has 33 heavy (non-hydrogen) atoms. The SMILES string of the molecule is CCCOc1ccccc1NC(=O)c1ccc(CNC(=O)c2ccc(C(C)(C)C)cc2)cc1. The second kappa shape index (κ2) is 10.8. The molecule has 0 aromatic heterocycles. The van der Waals surface area contributed by atoms with Gasteiger partial charge in [0.2, 0.25) is 0 Å². The average Bonchev–Trinajstić information content (AvgIpc) is 2.82. The molecular formula is C28H32N2O3. The third kappa shape index (κ3) is 6.69. The van der Waals surface area contributed by atoms with Gasteiger partial charge in [-0.05, 0) is 59.4 Å². The number of para-hydroxylation sites is 2. The Bertz CT molecular complexity index is 1080. The molecular weight excluding hydrogens is 412 g/mol. The Labute approximate surface area is 196 Å². The fourth-order valence-corrected chi connectivity index (χ4v) is 3.28. The fraction of sp³-hybridized carbons (Fsp3) is 0.286. The predicted molar refractivity (Wildman–Crippen MR) is 133 cm³/mol. The molecule has 0 aliphatic rings. The Morgan fingerprint density at radius 3 is 2.06 bits per heavy atom. The zero-order valence-corrected chi connectivity index (χ0v) is 19.8. The van der Waals surface area contributed by atoms with Crippen LogP contribution in [0.2, 0.25) is 0 Å². The van der Waals surface area contributed by atoms with Crippen molar-refractivity contribution in [1.29, 1.82) is 0 Å². The van der Waals surface area contributed by atoms with Crippen LogP contribution in [-0.4, -0.2) is 18.4 Å². The van der Waals surface area contributed by atoms with Crippen LogP contribution < -0.4 is 15.4 Å². The summed E-state index contributed by atoms with van der Waals surface area (Å²) in [6, 6.07) is 22.3. The van der Waals surface area contributed by atoms with Gasteiger partial charge in [0.15, 0.2) is 0 Å². The highest BCUT2D eigenvalue weighted by Crippen LogP contribution is 2.25. The number of carbonyl (C=O) groups excluding carboxylic acids is 2. The van der Waals surface area contributed by atoms with Gasteiger partial charge in [-0.25, -0.2) is 0 Å². The number of hydrogen-bond donors (Lipinski definition) is 2. The summed E-state index contributed by atoms with van der Waals surface area (Å²) in [5.74, 6) is 0.320. The molecule has 0 bridgehead atoms. The highest BCUT2D eigenvalue weighted by molar-refractivity contribution is 6.05. The molecule has 172 valence electrons. The third-order valence-corrected chi connectivity index (χ3v) is 5.28. The van der Waals surface area contributed by atoms with Crippen molar-refractivity contribution in [2.75, 3.05) is 11.9 Å². The van der Waals surface area contributed by atoms with Gasteiger partial charge in [0.25, 0.3) is 11.8 Å². The van der Waals surface area contributed by atoms with Gasteiger partial charge in [-0.2, -0.15) is 0 Å². The van der Waals surface area contributed by atoms with E-state index in [1.807, 2.05) is 67.6 Å². The van der Waals surface area contributed by atoms with Gasteiger partial charge in [0.05, 0.1) is 12.3 Å². The molecule has 0 radical (unpaired) electrons. The Kier molecular flexibility index (Phi) is 7.88. The quantitative estimate of drug-likeness (QED) is 0.451. The van der Waals surface area contributed by atoms with Crippen LogP contribution in [0.25, 0.3) is 0 Å². The van der Waals surface area contributed by atoms with Crippen LogP contribution >= 0.6 is 0 Å². The van der Waals surface area contributed by atoms with Crippen molar-refractivity contribution in [2.45, 2.75) is 46.1 Å². The summed E-state index contributed by atoms with van der Waals surface area (Å²) in [5, 5.41) is 5.84. The van der Waals surface area contributed by atoms with Gasteiger partial charge in [-0.15, -0.1) is 0 Å². The molecule has 0 spiro atoms. The molecule has 0 heterocycles. The number of rotatable bonds is 8. The van der Waals surface area contributed by atoms with Crippen molar-refractivity contribution in [3.63, 3.8) is 0 Å². The number of ether oxygens (including phenoxy) is 1.